The van der Waals surface area contributed by atoms with E-state index in [0.717, 1.165) is 17.9 Å². The first-order valence-electron chi connectivity index (χ1n) is 6.17. The second kappa shape index (κ2) is 7.25. The molecule has 0 aliphatic rings. The molecule has 0 amide bonds. The van der Waals surface area contributed by atoms with Gasteiger partial charge in [-0.2, -0.15) is 0 Å². The average Bonchev–Trinajstić information content (AvgIpc) is 2.86. The molecule has 0 aliphatic carbocycles. The first kappa shape index (κ1) is 14.0. The highest BCUT2D eigenvalue weighted by Crippen LogP contribution is 2.21. The van der Waals surface area contributed by atoms with Gasteiger partial charge in [-0.05, 0) is 25.0 Å². The van der Waals surface area contributed by atoms with Gasteiger partial charge in [0.2, 0.25) is 0 Å². The minimum atomic E-state index is -0.185. The van der Waals surface area contributed by atoms with Crippen LogP contribution >= 0.6 is 11.8 Å². The smallest absolute Gasteiger partial charge is 0.136 e. The Morgan fingerprint density at radius 3 is 2.95 bits per heavy atom. The summed E-state index contributed by atoms with van der Waals surface area (Å²) in [6, 6.07) is 6.75. The predicted molar refractivity (Wildman–Crippen MR) is 72.6 cm³/mol. The molecule has 19 heavy (non-hydrogen) atoms. The summed E-state index contributed by atoms with van der Waals surface area (Å²) in [6.07, 6.45) is 3.30. The van der Waals surface area contributed by atoms with E-state index in [9.17, 15) is 4.39 Å². The summed E-state index contributed by atoms with van der Waals surface area (Å²) >= 11 is 1.47. The molecule has 0 saturated heterocycles. The van der Waals surface area contributed by atoms with Crippen molar-refractivity contribution in [2.75, 3.05) is 12.4 Å². The molecular weight excluding hydrogens is 265 g/mol. The first-order valence-corrected chi connectivity index (χ1v) is 7.15. The molecule has 6 heteroatoms. The Hall–Kier alpha value is -1.40. The number of aliphatic hydroxyl groups is 1. The summed E-state index contributed by atoms with van der Waals surface area (Å²) in [5.41, 5.74) is 0.880. The molecule has 0 bridgehead atoms. The molecule has 0 fully saturated rings. The van der Waals surface area contributed by atoms with Crippen molar-refractivity contribution in [1.29, 1.82) is 0 Å². The van der Waals surface area contributed by atoms with E-state index in [4.69, 9.17) is 5.11 Å². The number of hydrogen-bond acceptors (Lipinski definition) is 4. The van der Waals surface area contributed by atoms with E-state index >= 15 is 0 Å². The third-order valence-electron chi connectivity index (χ3n) is 2.59. The highest BCUT2D eigenvalue weighted by Gasteiger charge is 2.03. The molecule has 0 radical (unpaired) electrons. The van der Waals surface area contributed by atoms with Crippen molar-refractivity contribution in [1.82, 2.24) is 15.0 Å². The molecule has 4 nitrogen and oxygen atoms in total. The molecule has 1 aromatic heterocycles. The average molecular weight is 281 g/mol. The van der Waals surface area contributed by atoms with Crippen molar-refractivity contribution in [3.63, 3.8) is 0 Å². The second-order valence-corrected chi connectivity index (χ2v) is 5.22. The monoisotopic (exact) mass is 281 g/mol. The fraction of sp³-hybridized carbons (Fsp3) is 0.385. The minimum absolute atomic E-state index is 0.163. The summed E-state index contributed by atoms with van der Waals surface area (Å²) in [6.45, 7) is 0.848. The topological polar surface area (TPSA) is 50.9 Å². The van der Waals surface area contributed by atoms with E-state index in [1.54, 1.807) is 16.8 Å². The lowest BCUT2D eigenvalue weighted by Crippen LogP contribution is -2.01. The lowest BCUT2D eigenvalue weighted by molar-refractivity contribution is 0.288. The van der Waals surface area contributed by atoms with E-state index in [1.807, 2.05) is 12.3 Å². The van der Waals surface area contributed by atoms with Gasteiger partial charge in [0.25, 0.3) is 0 Å². The van der Waals surface area contributed by atoms with Crippen LogP contribution in [0.4, 0.5) is 4.39 Å². The lowest BCUT2D eigenvalue weighted by Gasteiger charge is -2.02. The summed E-state index contributed by atoms with van der Waals surface area (Å²) in [5.74, 6) is 0.554. The SMILES string of the molecule is OCCCc1cn(CCSc2ccccc2F)nn1. The predicted octanol–water partition coefficient (Wildman–Crippen LogP) is 2.13. The summed E-state index contributed by atoms with van der Waals surface area (Å²) in [7, 11) is 0. The number of thioether (sulfide) groups is 1. The molecule has 0 unspecified atom stereocenters. The molecular formula is C13H16FN3OS. The summed E-state index contributed by atoms with van der Waals surface area (Å²) < 4.78 is 15.1. The largest absolute Gasteiger partial charge is 0.396 e. The normalized spacial score (nSPS) is 10.8. The number of aromatic nitrogens is 3. The van der Waals surface area contributed by atoms with E-state index in [0.29, 0.717) is 17.9 Å². The van der Waals surface area contributed by atoms with Crippen molar-refractivity contribution in [3.05, 3.63) is 42.0 Å². The highest BCUT2D eigenvalue weighted by molar-refractivity contribution is 7.99. The Bertz CT molecular complexity index is 518. The van der Waals surface area contributed by atoms with E-state index in [2.05, 4.69) is 10.3 Å². The molecule has 0 spiro atoms. The standard InChI is InChI=1S/C13H16FN3OS/c14-12-5-1-2-6-13(12)19-9-7-17-10-11(15-16-17)4-3-8-18/h1-2,5-6,10,18H,3-4,7-9H2. The number of benzene rings is 1. The van der Waals surface area contributed by atoms with Crippen LogP contribution in [0.1, 0.15) is 12.1 Å². The van der Waals surface area contributed by atoms with Crippen LogP contribution in [0.25, 0.3) is 0 Å². The Morgan fingerprint density at radius 2 is 2.16 bits per heavy atom. The van der Waals surface area contributed by atoms with Crippen LogP contribution in [0.5, 0.6) is 0 Å². The van der Waals surface area contributed by atoms with Gasteiger partial charge in [0.1, 0.15) is 5.82 Å². The summed E-state index contributed by atoms with van der Waals surface area (Å²) in [5, 5.41) is 16.8. The molecule has 0 atom stereocenters. The maximum absolute atomic E-state index is 13.4. The van der Waals surface area contributed by atoms with Gasteiger partial charge in [-0.1, -0.05) is 17.3 Å². The number of halogens is 1. The Labute approximate surface area is 115 Å². The molecule has 1 heterocycles. The number of rotatable bonds is 7. The fourth-order valence-corrected chi connectivity index (χ4v) is 2.51. The first-order chi connectivity index (χ1) is 9.29. The third-order valence-corrected chi connectivity index (χ3v) is 3.62. The highest BCUT2D eigenvalue weighted by atomic mass is 32.2. The van der Waals surface area contributed by atoms with Gasteiger partial charge >= 0.3 is 0 Å². The van der Waals surface area contributed by atoms with Crippen molar-refractivity contribution in [2.24, 2.45) is 0 Å². The maximum Gasteiger partial charge on any atom is 0.136 e. The van der Waals surface area contributed by atoms with Crippen LogP contribution in [0.15, 0.2) is 35.4 Å². The fourth-order valence-electron chi connectivity index (χ4n) is 1.63. The van der Waals surface area contributed by atoms with Crippen LogP contribution in [0, 0.1) is 5.82 Å². The van der Waals surface area contributed by atoms with Crippen molar-refractivity contribution >= 4 is 11.8 Å². The van der Waals surface area contributed by atoms with E-state index in [-0.39, 0.29) is 12.4 Å². The molecule has 0 aliphatic heterocycles. The molecule has 102 valence electrons. The van der Waals surface area contributed by atoms with Crippen LogP contribution < -0.4 is 0 Å². The number of hydrogen-bond donors (Lipinski definition) is 1. The van der Waals surface area contributed by atoms with Crippen LogP contribution in [0.2, 0.25) is 0 Å². The van der Waals surface area contributed by atoms with E-state index < -0.39 is 0 Å². The van der Waals surface area contributed by atoms with Crippen molar-refractivity contribution in [3.8, 4) is 0 Å². The number of aryl methyl sites for hydroxylation is 2. The Kier molecular flexibility index (Phi) is 5.35. The second-order valence-electron chi connectivity index (χ2n) is 4.08. The maximum atomic E-state index is 13.4. The van der Waals surface area contributed by atoms with Gasteiger partial charge in [0, 0.05) is 23.5 Å². The zero-order valence-corrected chi connectivity index (χ0v) is 11.3. The quantitative estimate of drug-likeness (QED) is 0.790. The van der Waals surface area contributed by atoms with Crippen molar-refractivity contribution in [2.45, 2.75) is 24.3 Å². The number of aliphatic hydroxyl groups excluding tert-OH is 1. The van der Waals surface area contributed by atoms with Gasteiger partial charge in [-0.15, -0.1) is 16.9 Å². The van der Waals surface area contributed by atoms with Crippen LogP contribution in [-0.2, 0) is 13.0 Å². The molecule has 1 aromatic carbocycles. The molecule has 1 N–H and O–H groups in total. The summed E-state index contributed by atoms with van der Waals surface area (Å²) in [4.78, 5) is 0.656. The van der Waals surface area contributed by atoms with Gasteiger partial charge < -0.3 is 5.11 Å². The van der Waals surface area contributed by atoms with E-state index in [1.165, 1.54) is 17.8 Å². The van der Waals surface area contributed by atoms with Gasteiger partial charge in [-0.25, -0.2) is 4.39 Å². The lowest BCUT2D eigenvalue weighted by atomic mass is 10.3. The molecule has 2 aromatic rings. The van der Waals surface area contributed by atoms with Gasteiger partial charge in [0.05, 0.1) is 12.2 Å². The molecule has 0 saturated carbocycles. The Balaban J connectivity index is 1.79. The Morgan fingerprint density at radius 1 is 1.32 bits per heavy atom. The third kappa shape index (κ3) is 4.33. The zero-order valence-electron chi connectivity index (χ0n) is 10.5. The zero-order chi connectivity index (χ0) is 13.5. The van der Waals surface area contributed by atoms with Crippen molar-refractivity contribution < 1.29 is 9.50 Å². The van der Waals surface area contributed by atoms with Crippen LogP contribution in [0.3, 0.4) is 0 Å². The number of nitrogens with zero attached hydrogens (tertiary/aromatic N) is 3. The molecule has 2 rings (SSSR count). The van der Waals surface area contributed by atoms with Gasteiger partial charge in [0.15, 0.2) is 0 Å². The minimum Gasteiger partial charge on any atom is -0.396 e. The van der Waals surface area contributed by atoms with Gasteiger partial charge in [-0.3, -0.25) is 4.68 Å². The van der Waals surface area contributed by atoms with Crippen LogP contribution in [-0.4, -0.2) is 32.5 Å².